The minimum Gasteiger partial charge on any atom is -0.478 e. The van der Waals surface area contributed by atoms with Crippen LogP contribution in [-0.2, 0) is 4.79 Å². The van der Waals surface area contributed by atoms with Crippen molar-refractivity contribution in [2.45, 2.75) is 19.3 Å². The van der Waals surface area contributed by atoms with Crippen LogP contribution in [0.25, 0.3) is 0 Å². The summed E-state index contributed by atoms with van der Waals surface area (Å²) in [4.78, 5) is 10.5. The van der Waals surface area contributed by atoms with Crippen LogP contribution in [0.5, 0.6) is 0 Å². The van der Waals surface area contributed by atoms with Crippen molar-refractivity contribution in [3.63, 3.8) is 0 Å². The highest BCUT2D eigenvalue weighted by atomic mass is 32.1. The average Bonchev–Trinajstić information content (AvgIpc) is 2.05. The van der Waals surface area contributed by atoms with E-state index in [0.29, 0.717) is 17.9 Å². The van der Waals surface area contributed by atoms with Crippen molar-refractivity contribution in [3.05, 3.63) is 11.6 Å². The first-order chi connectivity index (χ1) is 5.24. The second-order valence-electron chi connectivity index (χ2n) is 2.86. The van der Waals surface area contributed by atoms with E-state index in [0.717, 1.165) is 18.6 Å². The van der Waals surface area contributed by atoms with Crippen molar-refractivity contribution in [1.29, 1.82) is 0 Å². The molecule has 0 bridgehead atoms. The molecule has 0 spiro atoms. The summed E-state index contributed by atoms with van der Waals surface area (Å²) in [7, 11) is 0. The topological polar surface area (TPSA) is 37.3 Å². The van der Waals surface area contributed by atoms with E-state index in [4.69, 9.17) is 5.11 Å². The summed E-state index contributed by atoms with van der Waals surface area (Å²) in [5.74, 6) is 0.496. The Morgan fingerprint density at radius 2 is 2.55 bits per heavy atom. The van der Waals surface area contributed by atoms with E-state index < -0.39 is 5.97 Å². The number of carbonyl (C=O) groups is 1. The third-order valence-corrected chi connectivity index (χ3v) is 2.52. The molecule has 62 valence electrons. The van der Waals surface area contributed by atoms with Gasteiger partial charge in [0.05, 0.1) is 0 Å². The van der Waals surface area contributed by atoms with Gasteiger partial charge in [-0.05, 0) is 30.9 Å². The molecule has 0 saturated heterocycles. The fourth-order valence-corrected chi connectivity index (χ4v) is 1.63. The molecule has 0 aliphatic heterocycles. The molecule has 2 nitrogen and oxygen atoms in total. The molecular weight excluding hydrogens is 160 g/mol. The van der Waals surface area contributed by atoms with Crippen molar-refractivity contribution in [3.8, 4) is 0 Å². The Morgan fingerprint density at radius 3 is 3.09 bits per heavy atom. The number of aliphatic carboxylic acids is 1. The molecular formula is C8H12O2S. The van der Waals surface area contributed by atoms with Crippen molar-refractivity contribution in [1.82, 2.24) is 0 Å². The van der Waals surface area contributed by atoms with E-state index >= 15 is 0 Å². The van der Waals surface area contributed by atoms with E-state index in [1.807, 2.05) is 6.08 Å². The molecule has 0 saturated carbocycles. The molecule has 0 aromatic heterocycles. The number of hydrogen-bond acceptors (Lipinski definition) is 2. The monoisotopic (exact) mass is 172 g/mol. The first-order valence-electron chi connectivity index (χ1n) is 3.77. The maximum atomic E-state index is 10.5. The Balaban J connectivity index is 2.55. The quantitative estimate of drug-likeness (QED) is 0.622. The van der Waals surface area contributed by atoms with Crippen molar-refractivity contribution < 1.29 is 9.90 Å². The van der Waals surface area contributed by atoms with Crippen LogP contribution >= 0.6 is 12.6 Å². The number of thiol groups is 1. The Labute approximate surface area is 71.7 Å². The minimum atomic E-state index is -0.767. The van der Waals surface area contributed by atoms with Crippen LogP contribution in [0.3, 0.4) is 0 Å². The number of rotatable bonds is 2. The summed E-state index contributed by atoms with van der Waals surface area (Å²) in [5.41, 5.74) is 0.565. The van der Waals surface area contributed by atoms with Gasteiger partial charge < -0.3 is 5.11 Å². The smallest absolute Gasteiger partial charge is 0.331 e. The number of hydrogen-bond donors (Lipinski definition) is 2. The van der Waals surface area contributed by atoms with Crippen LogP contribution in [0.15, 0.2) is 11.6 Å². The van der Waals surface area contributed by atoms with Gasteiger partial charge in [-0.15, -0.1) is 0 Å². The zero-order chi connectivity index (χ0) is 8.27. The lowest BCUT2D eigenvalue weighted by molar-refractivity contribution is -0.133. The standard InChI is InChI=1S/C8H12O2S/c9-8(10)7-3-1-2-6(4-7)5-11/h3,6,11H,1-2,4-5H2,(H,9,10)/t6-/m0/s1. The fraction of sp³-hybridized carbons (Fsp3) is 0.625. The molecule has 0 aromatic rings. The molecule has 3 heteroatoms. The van der Waals surface area contributed by atoms with E-state index in [9.17, 15) is 4.79 Å². The van der Waals surface area contributed by atoms with E-state index in [2.05, 4.69) is 12.6 Å². The molecule has 0 radical (unpaired) electrons. The molecule has 0 amide bonds. The molecule has 1 aliphatic carbocycles. The second-order valence-corrected chi connectivity index (χ2v) is 3.23. The van der Waals surface area contributed by atoms with Gasteiger partial charge in [-0.1, -0.05) is 6.08 Å². The molecule has 1 rings (SSSR count). The van der Waals surface area contributed by atoms with Gasteiger partial charge in [-0.3, -0.25) is 0 Å². The molecule has 0 fully saturated rings. The summed E-state index contributed by atoms with van der Waals surface area (Å²) >= 11 is 4.15. The van der Waals surface area contributed by atoms with Crippen LogP contribution in [0.2, 0.25) is 0 Å². The molecule has 0 heterocycles. The van der Waals surface area contributed by atoms with Crippen LogP contribution in [0.4, 0.5) is 0 Å². The van der Waals surface area contributed by atoms with E-state index in [1.54, 1.807) is 0 Å². The van der Waals surface area contributed by atoms with Gasteiger partial charge in [-0.2, -0.15) is 12.6 Å². The second kappa shape index (κ2) is 3.81. The summed E-state index contributed by atoms with van der Waals surface area (Å²) in [6.07, 6.45) is 4.49. The Bertz CT molecular complexity index is 187. The Morgan fingerprint density at radius 1 is 1.82 bits per heavy atom. The summed E-state index contributed by atoms with van der Waals surface area (Å²) in [6, 6.07) is 0. The van der Waals surface area contributed by atoms with Crippen LogP contribution in [-0.4, -0.2) is 16.8 Å². The molecule has 0 aromatic carbocycles. The van der Waals surface area contributed by atoms with Crippen molar-refractivity contribution in [2.75, 3.05) is 5.75 Å². The van der Waals surface area contributed by atoms with E-state index in [1.165, 1.54) is 0 Å². The molecule has 1 atom stereocenters. The van der Waals surface area contributed by atoms with Gasteiger partial charge in [0.15, 0.2) is 0 Å². The third-order valence-electron chi connectivity index (χ3n) is 2.01. The largest absolute Gasteiger partial charge is 0.478 e. The van der Waals surface area contributed by atoms with Gasteiger partial charge in [0.25, 0.3) is 0 Å². The maximum absolute atomic E-state index is 10.5. The lowest BCUT2D eigenvalue weighted by Gasteiger charge is -2.18. The predicted molar refractivity (Wildman–Crippen MR) is 46.9 cm³/mol. The SMILES string of the molecule is O=C(O)C1=CCC[C@H](CS)C1. The normalized spacial score (nSPS) is 24.5. The van der Waals surface area contributed by atoms with Crippen LogP contribution in [0, 0.1) is 5.92 Å². The minimum absolute atomic E-state index is 0.467. The molecule has 1 N–H and O–H groups in total. The summed E-state index contributed by atoms with van der Waals surface area (Å²) < 4.78 is 0. The summed E-state index contributed by atoms with van der Waals surface area (Å²) in [5, 5.41) is 8.66. The average molecular weight is 172 g/mol. The molecule has 11 heavy (non-hydrogen) atoms. The maximum Gasteiger partial charge on any atom is 0.331 e. The highest BCUT2D eigenvalue weighted by molar-refractivity contribution is 7.80. The third kappa shape index (κ3) is 2.26. The van der Waals surface area contributed by atoms with Crippen LogP contribution in [0.1, 0.15) is 19.3 Å². The van der Waals surface area contributed by atoms with Crippen LogP contribution < -0.4 is 0 Å². The van der Waals surface area contributed by atoms with Crippen molar-refractivity contribution >= 4 is 18.6 Å². The number of carboxylic acids is 1. The van der Waals surface area contributed by atoms with Crippen molar-refractivity contribution in [2.24, 2.45) is 5.92 Å². The number of carboxylic acid groups (broad SMARTS) is 1. The first kappa shape index (κ1) is 8.65. The predicted octanol–water partition coefficient (Wildman–Crippen LogP) is 1.73. The fourth-order valence-electron chi connectivity index (χ4n) is 1.32. The zero-order valence-corrected chi connectivity index (χ0v) is 7.18. The Kier molecular flexibility index (Phi) is 3.00. The van der Waals surface area contributed by atoms with Gasteiger partial charge in [0.1, 0.15) is 0 Å². The van der Waals surface area contributed by atoms with E-state index in [-0.39, 0.29) is 0 Å². The lowest BCUT2D eigenvalue weighted by Crippen LogP contribution is -2.13. The Hall–Kier alpha value is -0.440. The van der Waals surface area contributed by atoms with Gasteiger partial charge >= 0.3 is 5.97 Å². The summed E-state index contributed by atoms with van der Waals surface area (Å²) in [6.45, 7) is 0. The van der Waals surface area contributed by atoms with Gasteiger partial charge in [0.2, 0.25) is 0 Å². The lowest BCUT2D eigenvalue weighted by atomic mass is 9.90. The number of allylic oxidation sites excluding steroid dienone is 1. The van der Waals surface area contributed by atoms with Gasteiger partial charge in [0, 0.05) is 5.57 Å². The van der Waals surface area contributed by atoms with Gasteiger partial charge in [-0.25, -0.2) is 4.79 Å². The molecule has 0 unspecified atom stereocenters. The zero-order valence-electron chi connectivity index (χ0n) is 6.29. The highest BCUT2D eigenvalue weighted by Gasteiger charge is 2.17. The molecule has 1 aliphatic rings. The highest BCUT2D eigenvalue weighted by Crippen LogP contribution is 2.24. The first-order valence-corrected chi connectivity index (χ1v) is 4.40.